The van der Waals surface area contributed by atoms with Crippen LogP contribution in [0.2, 0.25) is 0 Å². The van der Waals surface area contributed by atoms with Crippen LogP contribution in [0.25, 0.3) is 5.76 Å². The maximum atomic E-state index is 13.2. The summed E-state index contributed by atoms with van der Waals surface area (Å²) in [5, 5.41) is 11.3. The zero-order valence-electron chi connectivity index (χ0n) is 21.6. The van der Waals surface area contributed by atoms with Gasteiger partial charge in [-0.25, -0.2) is 0 Å². The lowest BCUT2D eigenvalue weighted by molar-refractivity contribution is -0.140. The van der Waals surface area contributed by atoms with Crippen molar-refractivity contribution in [2.45, 2.75) is 19.6 Å². The third kappa shape index (κ3) is 5.67. The van der Waals surface area contributed by atoms with Gasteiger partial charge in [-0.3, -0.25) is 9.59 Å². The lowest BCUT2D eigenvalue weighted by atomic mass is 9.94. The van der Waals surface area contributed by atoms with Crippen molar-refractivity contribution in [3.63, 3.8) is 0 Å². The van der Waals surface area contributed by atoms with E-state index >= 15 is 0 Å². The van der Waals surface area contributed by atoms with Crippen molar-refractivity contribution < 1.29 is 24.2 Å². The number of aliphatic hydroxyl groups is 1. The van der Waals surface area contributed by atoms with E-state index < -0.39 is 17.7 Å². The molecule has 0 aliphatic carbocycles. The number of aryl methyl sites for hydroxylation is 1. The molecule has 1 N–H and O–H groups in total. The molecule has 3 aromatic rings. The van der Waals surface area contributed by atoms with Gasteiger partial charge < -0.3 is 24.4 Å². The Bertz CT molecular complexity index is 1300. The second kappa shape index (κ2) is 11.3. The van der Waals surface area contributed by atoms with Crippen LogP contribution < -0.4 is 9.47 Å². The van der Waals surface area contributed by atoms with Gasteiger partial charge in [0, 0.05) is 18.7 Å². The van der Waals surface area contributed by atoms with Gasteiger partial charge in [0.1, 0.15) is 23.9 Å². The molecule has 1 saturated heterocycles. The minimum Gasteiger partial charge on any atom is -0.507 e. The van der Waals surface area contributed by atoms with E-state index in [9.17, 15) is 14.7 Å². The second-order valence-corrected chi connectivity index (χ2v) is 9.32. The molecule has 0 spiro atoms. The van der Waals surface area contributed by atoms with E-state index in [1.165, 1.54) is 4.90 Å². The molecule has 1 aliphatic rings. The topological polar surface area (TPSA) is 79.3 Å². The molecule has 3 aromatic carbocycles. The Hall–Kier alpha value is -4.10. The molecule has 192 valence electrons. The number of Topliss-reactive ketones (excluding diaryl/α,β-unsaturated/α-hetero) is 1. The summed E-state index contributed by atoms with van der Waals surface area (Å²) < 4.78 is 11.2. The third-order valence-electron chi connectivity index (χ3n) is 6.46. The first-order valence-corrected chi connectivity index (χ1v) is 12.1. The Kier molecular flexibility index (Phi) is 7.94. The molecule has 7 nitrogen and oxygen atoms in total. The lowest BCUT2D eigenvalue weighted by Crippen LogP contribution is -2.35. The van der Waals surface area contributed by atoms with Gasteiger partial charge in [-0.15, -0.1) is 0 Å². The Labute approximate surface area is 217 Å². The normalized spacial score (nSPS) is 16.9. The van der Waals surface area contributed by atoms with Crippen LogP contribution in [-0.2, 0) is 16.2 Å². The zero-order valence-corrected chi connectivity index (χ0v) is 21.6. The number of methoxy groups -OCH3 is 1. The zero-order chi connectivity index (χ0) is 26.5. The van der Waals surface area contributed by atoms with Crippen LogP contribution in [0.4, 0.5) is 0 Å². The van der Waals surface area contributed by atoms with Crippen LogP contribution in [0.3, 0.4) is 0 Å². The molecule has 1 aliphatic heterocycles. The highest BCUT2D eigenvalue weighted by Crippen LogP contribution is 2.40. The van der Waals surface area contributed by atoms with Gasteiger partial charge in [-0.05, 0) is 68.0 Å². The molecule has 1 unspecified atom stereocenters. The molecule has 0 radical (unpaired) electrons. The molecular weight excluding hydrogens is 468 g/mol. The van der Waals surface area contributed by atoms with Crippen molar-refractivity contribution in [1.82, 2.24) is 9.80 Å². The molecule has 1 heterocycles. The summed E-state index contributed by atoms with van der Waals surface area (Å²) in [5.41, 5.74) is 3.07. The summed E-state index contributed by atoms with van der Waals surface area (Å²) in [4.78, 5) is 29.9. The molecule has 37 heavy (non-hydrogen) atoms. The van der Waals surface area contributed by atoms with Crippen LogP contribution in [0.1, 0.15) is 28.3 Å². The first-order chi connectivity index (χ1) is 17.8. The van der Waals surface area contributed by atoms with E-state index in [-0.39, 0.29) is 11.3 Å². The fourth-order valence-electron chi connectivity index (χ4n) is 4.43. The first kappa shape index (κ1) is 26.0. The Morgan fingerprint density at radius 1 is 0.973 bits per heavy atom. The molecule has 1 fully saturated rings. The number of likely N-dealkylation sites (N-methyl/N-ethyl adjacent to an activating group) is 1. The van der Waals surface area contributed by atoms with Crippen molar-refractivity contribution in [2.24, 2.45) is 0 Å². The summed E-state index contributed by atoms with van der Waals surface area (Å²) in [6, 6.07) is 21.7. The van der Waals surface area contributed by atoms with Gasteiger partial charge >= 0.3 is 0 Å². The number of amides is 1. The van der Waals surface area contributed by atoms with Gasteiger partial charge in [0.05, 0.1) is 18.7 Å². The Morgan fingerprint density at radius 3 is 2.27 bits per heavy atom. The van der Waals surface area contributed by atoms with Crippen LogP contribution in [0, 0.1) is 6.92 Å². The summed E-state index contributed by atoms with van der Waals surface area (Å²) in [5.74, 6) is -0.197. The molecule has 0 saturated carbocycles. The van der Waals surface area contributed by atoms with Crippen molar-refractivity contribution in [2.75, 3.05) is 34.3 Å². The van der Waals surface area contributed by atoms with Gasteiger partial charge in [0.15, 0.2) is 0 Å². The molecular formula is C30H32N2O5. The quantitative estimate of drug-likeness (QED) is 0.264. The Morgan fingerprint density at radius 2 is 1.65 bits per heavy atom. The van der Waals surface area contributed by atoms with Crippen LogP contribution in [0.15, 0.2) is 78.4 Å². The number of ketones is 1. The number of carbonyl (C=O) groups is 2. The fraction of sp³-hybridized carbons (Fsp3) is 0.267. The minimum atomic E-state index is -0.718. The van der Waals surface area contributed by atoms with Crippen LogP contribution >= 0.6 is 0 Å². The lowest BCUT2D eigenvalue weighted by Gasteiger charge is -2.27. The number of aliphatic hydroxyl groups excluding tert-OH is 1. The predicted octanol–water partition coefficient (Wildman–Crippen LogP) is 4.57. The number of hydrogen-bond acceptors (Lipinski definition) is 6. The molecule has 1 atom stereocenters. The van der Waals surface area contributed by atoms with E-state index in [1.807, 2.05) is 80.5 Å². The molecule has 0 bridgehead atoms. The van der Waals surface area contributed by atoms with Crippen LogP contribution in [0.5, 0.6) is 11.5 Å². The molecule has 1 amide bonds. The smallest absolute Gasteiger partial charge is 0.295 e. The van der Waals surface area contributed by atoms with Gasteiger partial charge in [-0.2, -0.15) is 0 Å². The van der Waals surface area contributed by atoms with Crippen molar-refractivity contribution >= 4 is 17.4 Å². The fourth-order valence-corrected chi connectivity index (χ4v) is 4.43. The molecule has 7 heteroatoms. The Balaban J connectivity index is 1.71. The van der Waals surface area contributed by atoms with Crippen molar-refractivity contribution in [3.8, 4) is 11.5 Å². The van der Waals surface area contributed by atoms with Crippen LogP contribution in [-0.4, -0.2) is 60.9 Å². The highest BCUT2D eigenvalue weighted by atomic mass is 16.5. The summed E-state index contributed by atoms with van der Waals surface area (Å²) in [6.07, 6.45) is 0. The number of rotatable bonds is 9. The standard InChI is InChI=1S/C30H32N2O5/c1-20-18-24(36-4)14-15-25(20)28(33)26-27(32(17-16-31(2)3)30(35)29(26)34)22-10-12-23(13-11-22)37-19-21-8-6-5-7-9-21/h5-15,18,27,33H,16-17,19H2,1-4H3. The highest BCUT2D eigenvalue weighted by molar-refractivity contribution is 6.46. The first-order valence-electron chi connectivity index (χ1n) is 12.1. The van der Waals surface area contributed by atoms with Gasteiger partial charge in [-0.1, -0.05) is 42.5 Å². The minimum absolute atomic E-state index is 0.0787. The number of ether oxygens (including phenoxy) is 2. The number of likely N-dealkylation sites (tertiary alicyclic amines) is 1. The highest BCUT2D eigenvalue weighted by Gasteiger charge is 2.46. The molecule has 4 rings (SSSR count). The number of nitrogens with zero attached hydrogens (tertiary/aromatic N) is 2. The number of benzene rings is 3. The summed E-state index contributed by atoms with van der Waals surface area (Å²) in [6.45, 7) is 3.17. The van der Waals surface area contributed by atoms with E-state index in [4.69, 9.17) is 9.47 Å². The SMILES string of the molecule is COc1ccc(C(O)=C2C(=O)C(=O)N(CCN(C)C)C2c2ccc(OCc3ccccc3)cc2)c(C)c1. The number of hydrogen-bond donors (Lipinski definition) is 1. The number of carbonyl (C=O) groups excluding carboxylic acids is 2. The van der Waals surface area contributed by atoms with E-state index in [0.29, 0.717) is 36.8 Å². The molecule has 0 aromatic heterocycles. The van der Waals surface area contributed by atoms with Gasteiger partial charge in [0.25, 0.3) is 11.7 Å². The van der Waals surface area contributed by atoms with E-state index in [2.05, 4.69) is 0 Å². The second-order valence-electron chi connectivity index (χ2n) is 9.32. The average Bonchev–Trinajstić information content (AvgIpc) is 3.16. The van der Waals surface area contributed by atoms with Crippen molar-refractivity contribution in [3.05, 3.63) is 101 Å². The maximum Gasteiger partial charge on any atom is 0.295 e. The maximum absolute atomic E-state index is 13.2. The van der Waals surface area contributed by atoms with Crippen molar-refractivity contribution in [1.29, 1.82) is 0 Å². The summed E-state index contributed by atoms with van der Waals surface area (Å²) in [7, 11) is 5.38. The monoisotopic (exact) mass is 500 g/mol. The largest absolute Gasteiger partial charge is 0.507 e. The predicted molar refractivity (Wildman–Crippen MR) is 143 cm³/mol. The third-order valence-corrected chi connectivity index (χ3v) is 6.46. The van der Waals surface area contributed by atoms with E-state index in [1.54, 1.807) is 25.3 Å². The van der Waals surface area contributed by atoms with E-state index in [0.717, 1.165) is 16.7 Å². The van der Waals surface area contributed by atoms with Gasteiger partial charge in [0.2, 0.25) is 0 Å². The average molecular weight is 501 g/mol. The summed E-state index contributed by atoms with van der Waals surface area (Å²) >= 11 is 0.